The Morgan fingerprint density at radius 3 is 2.47 bits per heavy atom. The molecule has 104 valence electrons. The molecule has 1 fully saturated rings. The Bertz CT molecular complexity index is 462. The van der Waals surface area contributed by atoms with Crippen molar-refractivity contribution in [3.05, 3.63) is 29.3 Å². The summed E-state index contributed by atoms with van der Waals surface area (Å²) in [4.78, 5) is 14.4. The summed E-state index contributed by atoms with van der Waals surface area (Å²) in [5, 5.41) is 0. The number of hydrogen-bond donors (Lipinski definition) is 1. The largest absolute Gasteiger partial charge is 0.399 e. The van der Waals surface area contributed by atoms with Crippen LogP contribution in [0.3, 0.4) is 0 Å². The van der Waals surface area contributed by atoms with Crippen molar-refractivity contribution >= 4 is 11.6 Å². The van der Waals surface area contributed by atoms with Crippen molar-refractivity contribution in [2.75, 3.05) is 12.8 Å². The summed E-state index contributed by atoms with van der Waals surface area (Å²) in [7, 11) is 1.93. The van der Waals surface area contributed by atoms with E-state index in [1.54, 1.807) is 0 Å². The van der Waals surface area contributed by atoms with Crippen molar-refractivity contribution in [1.29, 1.82) is 0 Å². The maximum atomic E-state index is 12.5. The van der Waals surface area contributed by atoms with Gasteiger partial charge in [-0.1, -0.05) is 6.92 Å². The second kappa shape index (κ2) is 5.64. The van der Waals surface area contributed by atoms with Gasteiger partial charge in [-0.3, -0.25) is 4.79 Å². The molecule has 1 aliphatic carbocycles. The van der Waals surface area contributed by atoms with Crippen LogP contribution in [0, 0.1) is 12.8 Å². The van der Waals surface area contributed by atoms with Crippen LogP contribution in [0.15, 0.2) is 18.2 Å². The molecule has 3 nitrogen and oxygen atoms in total. The molecule has 0 heterocycles. The fraction of sp³-hybridized carbons (Fsp3) is 0.562. The molecule has 19 heavy (non-hydrogen) atoms. The summed E-state index contributed by atoms with van der Waals surface area (Å²) < 4.78 is 0. The van der Waals surface area contributed by atoms with Crippen LogP contribution in [0.5, 0.6) is 0 Å². The molecule has 2 rings (SSSR count). The third kappa shape index (κ3) is 3.09. The maximum Gasteiger partial charge on any atom is 0.253 e. The molecule has 2 N–H and O–H groups in total. The van der Waals surface area contributed by atoms with Crippen LogP contribution >= 0.6 is 0 Å². The molecule has 0 radical (unpaired) electrons. The van der Waals surface area contributed by atoms with Gasteiger partial charge in [-0.15, -0.1) is 0 Å². The minimum Gasteiger partial charge on any atom is -0.399 e. The van der Waals surface area contributed by atoms with Gasteiger partial charge in [-0.25, -0.2) is 0 Å². The topological polar surface area (TPSA) is 46.3 Å². The van der Waals surface area contributed by atoms with Crippen molar-refractivity contribution in [1.82, 2.24) is 4.90 Å². The lowest BCUT2D eigenvalue weighted by atomic mass is 9.86. The lowest BCUT2D eigenvalue weighted by Gasteiger charge is -2.33. The zero-order chi connectivity index (χ0) is 14.0. The van der Waals surface area contributed by atoms with Crippen LogP contribution < -0.4 is 5.73 Å². The second-order valence-electron chi connectivity index (χ2n) is 5.90. The quantitative estimate of drug-likeness (QED) is 0.830. The van der Waals surface area contributed by atoms with Crippen LogP contribution in [0.2, 0.25) is 0 Å². The van der Waals surface area contributed by atoms with E-state index in [0.717, 1.165) is 35.6 Å². The third-order valence-corrected chi connectivity index (χ3v) is 4.37. The van der Waals surface area contributed by atoms with E-state index in [4.69, 9.17) is 5.73 Å². The second-order valence-corrected chi connectivity index (χ2v) is 5.90. The SMILES string of the molecule is Cc1cc(C(=O)N(C)C2CCC(C)CC2)ccc1N. The number of rotatable bonds is 2. The molecule has 0 aliphatic heterocycles. The summed E-state index contributed by atoms with van der Waals surface area (Å²) in [5.74, 6) is 0.918. The van der Waals surface area contributed by atoms with Crippen LogP contribution in [0.4, 0.5) is 5.69 Å². The van der Waals surface area contributed by atoms with Crippen molar-refractivity contribution in [2.45, 2.75) is 45.6 Å². The monoisotopic (exact) mass is 260 g/mol. The highest BCUT2D eigenvalue weighted by Gasteiger charge is 2.25. The molecule has 0 saturated heterocycles. The molecule has 1 saturated carbocycles. The molecule has 0 atom stereocenters. The van der Waals surface area contributed by atoms with E-state index in [1.165, 1.54) is 12.8 Å². The summed E-state index contributed by atoms with van der Waals surface area (Å²) in [6.07, 6.45) is 4.70. The molecule has 1 amide bonds. The number of amides is 1. The van der Waals surface area contributed by atoms with Gasteiger partial charge in [-0.2, -0.15) is 0 Å². The molecular formula is C16H24N2O. The summed E-state index contributed by atoms with van der Waals surface area (Å²) >= 11 is 0. The number of anilines is 1. The highest BCUT2D eigenvalue weighted by Crippen LogP contribution is 2.27. The number of carbonyl (C=O) groups excluding carboxylic acids is 1. The van der Waals surface area contributed by atoms with Crippen molar-refractivity contribution in [3.8, 4) is 0 Å². The first-order valence-corrected chi connectivity index (χ1v) is 7.12. The van der Waals surface area contributed by atoms with Gasteiger partial charge in [0, 0.05) is 24.3 Å². The molecular weight excluding hydrogens is 236 g/mol. The van der Waals surface area contributed by atoms with Gasteiger partial charge in [0.25, 0.3) is 5.91 Å². The number of hydrogen-bond acceptors (Lipinski definition) is 2. The highest BCUT2D eigenvalue weighted by molar-refractivity contribution is 5.94. The first kappa shape index (κ1) is 13.9. The van der Waals surface area contributed by atoms with E-state index in [0.29, 0.717) is 6.04 Å². The molecule has 0 unspecified atom stereocenters. The molecule has 0 aromatic heterocycles. The first-order chi connectivity index (χ1) is 8.99. The van der Waals surface area contributed by atoms with Crippen molar-refractivity contribution in [2.24, 2.45) is 5.92 Å². The normalized spacial score (nSPS) is 23.1. The fourth-order valence-electron chi connectivity index (χ4n) is 2.81. The molecule has 0 bridgehead atoms. The zero-order valence-corrected chi connectivity index (χ0v) is 12.1. The average Bonchev–Trinajstić information content (AvgIpc) is 2.41. The minimum absolute atomic E-state index is 0.114. The van der Waals surface area contributed by atoms with Gasteiger partial charge in [0.2, 0.25) is 0 Å². The molecule has 0 spiro atoms. The van der Waals surface area contributed by atoms with Crippen LogP contribution in [-0.4, -0.2) is 23.9 Å². The summed E-state index contributed by atoms with van der Waals surface area (Å²) in [6, 6.07) is 5.92. The van der Waals surface area contributed by atoms with E-state index in [2.05, 4.69) is 6.92 Å². The first-order valence-electron chi connectivity index (χ1n) is 7.12. The van der Waals surface area contributed by atoms with Crippen LogP contribution in [0.25, 0.3) is 0 Å². The third-order valence-electron chi connectivity index (χ3n) is 4.37. The molecule has 1 aromatic rings. The Morgan fingerprint density at radius 2 is 1.89 bits per heavy atom. The number of nitrogens with zero attached hydrogens (tertiary/aromatic N) is 1. The standard InChI is InChI=1S/C16H24N2O/c1-11-4-7-14(8-5-11)18(3)16(19)13-6-9-15(17)12(2)10-13/h6,9-11,14H,4-5,7-8,17H2,1-3H3. The van der Waals surface area contributed by atoms with Gasteiger partial charge in [0.15, 0.2) is 0 Å². The Hall–Kier alpha value is -1.51. The smallest absolute Gasteiger partial charge is 0.253 e. The van der Waals surface area contributed by atoms with Crippen molar-refractivity contribution < 1.29 is 4.79 Å². The number of carbonyl (C=O) groups is 1. The molecule has 1 aliphatic rings. The Balaban J connectivity index is 2.08. The Kier molecular flexibility index (Phi) is 4.13. The van der Waals surface area contributed by atoms with Crippen LogP contribution in [0.1, 0.15) is 48.5 Å². The fourth-order valence-corrected chi connectivity index (χ4v) is 2.81. The highest BCUT2D eigenvalue weighted by atomic mass is 16.2. The van der Waals surface area contributed by atoms with E-state index in [9.17, 15) is 4.79 Å². The van der Waals surface area contributed by atoms with Crippen molar-refractivity contribution in [3.63, 3.8) is 0 Å². The van der Waals surface area contributed by atoms with Crippen LogP contribution in [-0.2, 0) is 0 Å². The summed E-state index contributed by atoms with van der Waals surface area (Å²) in [6.45, 7) is 4.23. The van der Waals surface area contributed by atoms with Gasteiger partial charge in [0.1, 0.15) is 0 Å². The number of nitrogens with two attached hydrogens (primary N) is 1. The van der Waals surface area contributed by atoms with Gasteiger partial charge >= 0.3 is 0 Å². The molecule has 3 heteroatoms. The number of nitrogen functional groups attached to an aromatic ring is 1. The minimum atomic E-state index is 0.114. The lowest BCUT2D eigenvalue weighted by Crippen LogP contribution is -2.39. The van der Waals surface area contributed by atoms with E-state index in [1.807, 2.05) is 37.1 Å². The van der Waals surface area contributed by atoms with Gasteiger partial charge in [-0.05, 0) is 62.3 Å². The average molecular weight is 260 g/mol. The Morgan fingerprint density at radius 1 is 1.26 bits per heavy atom. The number of aryl methyl sites for hydroxylation is 1. The zero-order valence-electron chi connectivity index (χ0n) is 12.1. The lowest BCUT2D eigenvalue weighted by molar-refractivity contribution is 0.0679. The number of benzene rings is 1. The Labute approximate surface area is 115 Å². The maximum absolute atomic E-state index is 12.5. The summed E-state index contributed by atoms with van der Waals surface area (Å²) in [5.41, 5.74) is 8.25. The molecule has 1 aromatic carbocycles. The predicted octanol–water partition coefficient (Wildman–Crippen LogP) is 3.23. The van der Waals surface area contributed by atoms with Gasteiger partial charge < -0.3 is 10.6 Å². The van der Waals surface area contributed by atoms with E-state index >= 15 is 0 Å². The van der Waals surface area contributed by atoms with Gasteiger partial charge in [0.05, 0.1) is 0 Å². The van der Waals surface area contributed by atoms with E-state index < -0.39 is 0 Å². The predicted molar refractivity (Wildman–Crippen MR) is 79.1 cm³/mol. The van der Waals surface area contributed by atoms with E-state index in [-0.39, 0.29) is 5.91 Å².